The van der Waals surface area contributed by atoms with E-state index in [1.54, 1.807) is 44.3 Å². The number of aliphatic hydroxyl groups is 1. The molecule has 1 aliphatic heterocycles. The van der Waals surface area contributed by atoms with E-state index >= 15 is 0 Å². The normalized spacial score (nSPS) is 20.1. The van der Waals surface area contributed by atoms with Gasteiger partial charge in [-0.05, 0) is 11.6 Å². The van der Waals surface area contributed by atoms with Crippen LogP contribution >= 0.6 is 0 Å². The molecular formula is C26H25N3O3. The van der Waals surface area contributed by atoms with E-state index < -0.39 is 29.4 Å². The number of hydrogen-bond acceptors (Lipinski definition) is 5. The van der Waals surface area contributed by atoms with E-state index in [0.717, 1.165) is 5.56 Å². The maximum atomic E-state index is 13.6. The first kappa shape index (κ1) is 21.6. The van der Waals surface area contributed by atoms with Crippen molar-refractivity contribution in [2.75, 3.05) is 11.9 Å². The zero-order valence-electron chi connectivity index (χ0n) is 18.0. The summed E-state index contributed by atoms with van der Waals surface area (Å²) < 4.78 is 0. The minimum Gasteiger partial charge on any atom is -0.388 e. The summed E-state index contributed by atoms with van der Waals surface area (Å²) in [5, 5.41) is 10.8. The molecule has 3 aromatic rings. The van der Waals surface area contributed by atoms with Gasteiger partial charge in [-0.1, -0.05) is 85.8 Å². The topological polar surface area (TPSA) is 96.0 Å². The average molecular weight is 428 g/mol. The largest absolute Gasteiger partial charge is 0.388 e. The summed E-state index contributed by atoms with van der Waals surface area (Å²) in [7, 11) is 1.58. The van der Waals surface area contributed by atoms with Crippen molar-refractivity contribution in [1.29, 1.82) is 0 Å². The number of benzodiazepines with no additional fused rings is 1. The summed E-state index contributed by atoms with van der Waals surface area (Å²) in [6, 6.07) is 25.5. The molecule has 1 aliphatic rings. The third-order valence-corrected chi connectivity index (χ3v) is 5.89. The highest BCUT2D eigenvalue weighted by Crippen LogP contribution is 2.33. The predicted molar refractivity (Wildman–Crippen MR) is 124 cm³/mol. The third-order valence-electron chi connectivity index (χ3n) is 5.89. The lowest BCUT2D eigenvalue weighted by molar-refractivity contribution is -0.138. The van der Waals surface area contributed by atoms with Gasteiger partial charge in [0.25, 0.3) is 5.91 Å². The van der Waals surface area contributed by atoms with Crippen molar-refractivity contribution < 1.29 is 14.7 Å². The number of ketones is 1. The maximum Gasteiger partial charge on any atom is 0.277 e. The molecule has 0 radical (unpaired) electrons. The lowest BCUT2D eigenvalue weighted by Gasteiger charge is -2.30. The van der Waals surface area contributed by atoms with Crippen molar-refractivity contribution in [3.8, 4) is 0 Å². The van der Waals surface area contributed by atoms with Crippen LogP contribution in [-0.4, -0.2) is 35.2 Å². The van der Waals surface area contributed by atoms with Crippen molar-refractivity contribution in [2.45, 2.75) is 18.7 Å². The summed E-state index contributed by atoms with van der Waals surface area (Å²) in [5.41, 5.74) is 7.41. The Labute approximate surface area is 187 Å². The zero-order valence-corrected chi connectivity index (χ0v) is 18.0. The van der Waals surface area contributed by atoms with E-state index in [9.17, 15) is 14.7 Å². The summed E-state index contributed by atoms with van der Waals surface area (Å²) in [6.07, 6.45) is -1.12. The first-order chi connectivity index (χ1) is 15.3. The SMILES string of the molecule is C[C@@H](C(=O)C1(N)N=C(c2ccccc2)c2ccccc2N(C)C1=O)[C@H](O)c1ccccc1. The van der Waals surface area contributed by atoms with Crippen LogP contribution < -0.4 is 10.6 Å². The van der Waals surface area contributed by atoms with Gasteiger partial charge in [-0.15, -0.1) is 0 Å². The average Bonchev–Trinajstić information content (AvgIpc) is 2.93. The number of benzene rings is 3. The van der Waals surface area contributed by atoms with Crippen molar-refractivity contribution in [2.24, 2.45) is 16.6 Å². The number of carbonyl (C=O) groups excluding carboxylic acids is 2. The van der Waals surface area contributed by atoms with Crippen LogP contribution in [0.5, 0.6) is 0 Å². The summed E-state index contributed by atoms with van der Waals surface area (Å²) in [5.74, 6) is -2.25. The Morgan fingerprint density at radius 2 is 1.53 bits per heavy atom. The van der Waals surface area contributed by atoms with Crippen LogP contribution in [0.3, 0.4) is 0 Å². The molecule has 0 fully saturated rings. The van der Waals surface area contributed by atoms with E-state index in [4.69, 9.17) is 5.73 Å². The van der Waals surface area contributed by atoms with Crippen LogP contribution in [0.4, 0.5) is 5.69 Å². The van der Waals surface area contributed by atoms with Crippen LogP contribution in [0.15, 0.2) is 89.9 Å². The summed E-state index contributed by atoms with van der Waals surface area (Å²) in [4.78, 5) is 33.1. The molecule has 162 valence electrons. The second-order valence-corrected chi connectivity index (χ2v) is 7.98. The van der Waals surface area contributed by atoms with Crippen molar-refractivity contribution in [1.82, 2.24) is 0 Å². The smallest absolute Gasteiger partial charge is 0.277 e. The first-order valence-electron chi connectivity index (χ1n) is 10.4. The van der Waals surface area contributed by atoms with Gasteiger partial charge in [0.15, 0.2) is 5.78 Å². The van der Waals surface area contributed by atoms with Crippen LogP contribution in [-0.2, 0) is 9.59 Å². The number of nitrogens with zero attached hydrogens (tertiary/aromatic N) is 2. The molecular weight excluding hydrogens is 402 g/mol. The van der Waals surface area contributed by atoms with Crippen molar-refractivity contribution in [3.63, 3.8) is 0 Å². The van der Waals surface area contributed by atoms with Gasteiger partial charge in [-0.3, -0.25) is 15.3 Å². The number of likely N-dealkylation sites (N-methyl/N-ethyl adjacent to an activating group) is 1. The quantitative estimate of drug-likeness (QED) is 0.612. The number of aliphatic hydroxyl groups excluding tert-OH is 1. The number of nitrogens with two attached hydrogens (primary N) is 1. The number of Topliss-reactive ketones (excluding diaryl/α,β-unsaturated/α-hetero) is 1. The number of rotatable bonds is 5. The number of anilines is 1. The Balaban J connectivity index is 1.85. The predicted octanol–water partition coefficient (Wildman–Crippen LogP) is 3.09. The molecule has 1 unspecified atom stereocenters. The van der Waals surface area contributed by atoms with Gasteiger partial charge in [0.2, 0.25) is 5.66 Å². The molecule has 0 aromatic heterocycles. The first-order valence-corrected chi connectivity index (χ1v) is 10.4. The summed E-state index contributed by atoms with van der Waals surface area (Å²) >= 11 is 0. The van der Waals surface area contributed by atoms with Gasteiger partial charge >= 0.3 is 0 Å². The molecule has 4 rings (SSSR count). The highest BCUT2D eigenvalue weighted by molar-refractivity contribution is 6.25. The second-order valence-electron chi connectivity index (χ2n) is 7.98. The van der Waals surface area contributed by atoms with Crippen LogP contribution in [0.1, 0.15) is 29.7 Å². The van der Waals surface area contributed by atoms with E-state index in [1.807, 2.05) is 54.6 Å². The highest BCUT2D eigenvalue weighted by Gasteiger charge is 2.49. The van der Waals surface area contributed by atoms with Crippen molar-refractivity contribution >= 4 is 23.1 Å². The number of hydrogen-bond donors (Lipinski definition) is 2. The minimum absolute atomic E-state index is 0.455. The molecule has 1 amide bonds. The van der Waals surface area contributed by atoms with Gasteiger partial charge in [-0.2, -0.15) is 0 Å². The Morgan fingerprint density at radius 1 is 0.969 bits per heavy atom. The molecule has 0 saturated heterocycles. The van der Waals surface area contributed by atoms with Crippen LogP contribution in [0, 0.1) is 5.92 Å². The van der Waals surface area contributed by atoms with E-state index in [-0.39, 0.29) is 0 Å². The van der Waals surface area contributed by atoms with E-state index in [0.29, 0.717) is 22.5 Å². The van der Waals surface area contributed by atoms with Gasteiger partial charge in [0.05, 0.1) is 17.5 Å². The van der Waals surface area contributed by atoms with Gasteiger partial charge in [-0.25, -0.2) is 4.99 Å². The monoisotopic (exact) mass is 427 g/mol. The Bertz CT molecular complexity index is 1180. The summed E-state index contributed by atoms with van der Waals surface area (Å²) in [6.45, 7) is 1.57. The molecule has 6 heteroatoms. The van der Waals surface area contributed by atoms with E-state index in [2.05, 4.69) is 4.99 Å². The minimum atomic E-state index is -2.19. The molecule has 0 spiro atoms. The Morgan fingerprint density at radius 3 is 2.19 bits per heavy atom. The number of para-hydroxylation sites is 1. The molecule has 32 heavy (non-hydrogen) atoms. The number of fused-ring (bicyclic) bond motifs is 1. The maximum absolute atomic E-state index is 13.6. The fourth-order valence-electron chi connectivity index (χ4n) is 4.02. The van der Waals surface area contributed by atoms with Crippen LogP contribution in [0.2, 0.25) is 0 Å². The standard InChI is InChI=1S/C26H25N3O3/c1-17(23(30)19-13-7-4-8-14-19)24(31)26(27)25(32)29(2)21-16-10-9-15-20(21)22(28-26)18-11-5-3-6-12-18/h3-17,23,30H,27H2,1-2H3/t17-,23+,26?/m1/s1. The Hall–Kier alpha value is -3.61. The Kier molecular flexibility index (Phi) is 5.74. The molecule has 0 saturated carbocycles. The molecule has 3 atom stereocenters. The van der Waals surface area contributed by atoms with E-state index in [1.165, 1.54) is 4.90 Å². The lowest BCUT2D eigenvalue weighted by Crippen LogP contribution is -2.60. The van der Waals surface area contributed by atoms with Gasteiger partial charge in [0.1, 0.15) is 0 Å². The molecule has 1 heterocycles. The second kappa shape index (κ2) is 8.49. The highest BCUT2D eigenvalue weighted by atomic mass is 16.3. The number of aliphatic imine (C=N–C) groups is 1. The molecule has 0 aliphatic carbocycles. The molecule has 3 aromatic carbocycles. The molecule has 3 N–H and O–H groups in total. The van der Waals surface area contributed by atoms with Crippen molar-refractivity contribution in [3.05, 3.63) is 102 Å². The van der Waals surface area contributed by atoms with Gasteiger partial charge < -0.3 is 10.0 Å². The number of amides is 1. The lowest BCUT2D eigenvalue weighted by atomic mass is 9.86. The van der Waals surface area contributed by atoms with Gasteiger partial charge in [0, 0.05) is 24.1 Å². The molecule has 0 bridgehead atoms. The number of carbonyl (C=O) groups is 2. The van der Waals surface area contributed by atoms with Crippen LogP contribution in [0.25, 0.3) is 0 Å². The molecule has 6 nitrogen and oxygen atoms in total. The third kappa shape index (κ3) is 3.64. The zero-order chi connectivity index (χ0) is 22.9. The fourth-order valence-corrected chi connectivity index (χ4v) is 4.02. The fraction of sp³-hybridized carbons (Fsp3) is 0.192.